The van der Waals surface area contributed by atoms with Gasteiger partial charge in [-0.3, -0.25) is 0 Å². The molecule has 7 heteroatoms. The van der Waals surface area contributed by atoms with Crippen molar-refractivity contribution >= 4 is 28.0 Å². The second-order valence-electron chi connectivity index (χ2n) is 3.97. The standard InChI is InChI=1S/C10H13BrN4O2/c1-7-6-14(10(16)17)2-3-15(7)9-12-4-8(11)5-13-9/h4-5,7H,2-3,6H2,1H3,(H,16,17)/t7-/m0/s1. The van der Waals surface area contributed by atoms with Gasteiger partial charge in [0.15, 0.2) is 0 Å². The number of hydrogen-bond acceptors (Lipinski definition) is 4. The minimum atomic E-state index is -0.867. The van der Waals surface area contributed by atoms with E-state index >= 15 is 0 Å². The van der Waals surface area contributed by atoms with Crippen LogP contribution in [0, 0.1) is 0 Å². The number of amides is 1. The highest BCUT2D eigenvalue weighted by Crippen LogP contribution is 2.17. The van der Waals surface area contributed by atoms with Gasteiger partial charge in [-0.2, -0.15) is 0 Å². The maximum Gasteiger partial charge on any atom is 0.407 e. The summed E-state index contributed by atoms with van der Waals surface area (Å²) in [5.74, 6) is 0.644. The Kier molecular flexibility index (Phi) is 3.46. The first-order chi connectivity index (χ1) is 8.08. The number of carboxylic acid groups (broad SMARTS) is 1. The monoisotopic (exact) mass is 300 g/mol. The lowest BCUT2D eigenvalue weighted by Crippen LogP contribution is -2.53. The average Bonchev–Trinajstić information content (AvgIpc) is 2.30. The van der Waals surface area contributed by atoms with E-state index in [0.29, 0.717) is 25.6 Å². The van der Waals surface area contributed by atoms with Gasteiger partial charge in [-0.1, -0.05) is 0 Å². The number of nitrogens with zero attached hydrogens (tertiary/aromatic N) is 4. The van der Waals surface area contributed by atoms with Crippen molar-refractivity contribution in [1.29, 1.82) is 0 Å². The first-order valence-corrected chi connectivity index (χ1v) is 6.09. The lowest BCUT2D eigenvalue weighted by atomic mass is 10.2. The normalized spacial score (nSPS) is 20.5. The summed E-state index contributed by atoms with van der Waals surface area (Å²) >= 11 is 3.28. The smallest absolute Gasteiger partial charge is 0.407 e. The number of hydrogen-bond donors (Lipinski definition) is 1. The Hall–Kier alpha value is -1.37. The quantitative estimate of drug-likeness (QED) is 0.849. The molecule has 6 nitrogen and oxygen atoms in total. The molecule has 1 aromatic heterocycles. The summed E-state index contributed by atoms with van der Waals surface area (Å²) in [5.41, 5.74) is 0. The van der Waals surface area contributed by atoms with Crippen LogP contribution in [-0.4, -0.2) is 51.7 Å². The highest BCUT2D eigenvalue weighted by molar-refractivity contribution is 9.10. The summed E-state index contributed by atoms with van der Waals surface area (Å²) in [6.45, 7) is 3.56. The zero-order chi connectivity index (χ0) is 12.4. The van der Waals surface area contributed by atoms with E-state index in [9.17, 15) is 4.79 Å². The second-order valence-corrected chi connectivity index (χ2v) is 4.89. The number of aromatic nitrogens is 2. The second kappa shape index (κ2) is 4.87. The van der Waals surface area contributed by atoms with E-state index in [0.717, 1.165) is 4.47 Å². The molecule has 2 heterocycles. The molecule has 1 aliphatic rings. The van der Waals surface area contributed by atoms with E-state index in [1.54, 1.807) is 12.4 Å². The Bertz CT molecular complexity index is 411. The van der Waals surface area contributed by atoms with Gasteiger partial charge in [-0.25, -0.2) is 14.8 Å². The van der Waals surface area contributed by atoms with Crippen molar-refractivity contribution in [3.63, 3.8) is 0 Å². The van der Waals surface area contributed by atoms with Crippen LogP contribution in [0.1, 0.15) is 6.92 Å². The van der Waals surface area contributed by atoms with Crippen LogP contribution in [-0.2, 0) is 0 Å². The van der Waals surface area contributed by atoms with E-state index in [-0.39, 0.29) is 6.04 Å². The molecule has 1 N–H and O–H groups in total. The SMILES string of the molecule is C[C@H]1CN(C(=O)O)CCN1c1ncc(Br)cn1. The molecule has 0 radical (unpaired) electrons. The lowest BCUT2D eigenvalue weighted by Gasteiger charge is -2.38. The molecule has 1 amide bonds. The van der Waals surface area contributed by atoms with Gasteiger partial charge in [0.1, 0.15) is 0 Å². The predicted molar refractivity (Wildman–Crippen MR) is 66.1 cm³/mol. The highest BCUT2D eigenvalue weighted by atomic mass is 79.9. The average molecular weight is 301 g/mol. The fraction of sp³-hybridized carbons (Fsp3) is 0.500. The summed E-state index contributed by atoms with van der Waals surface area (Å²) in [6.07, 6.45) is 2.52. The molecule has 17 heavy (non-hydrogen) atoms. The molecule has 0 saturated carbocycles. The first kappa shape index (κ1) is 12.1. The van der Waals surface area contributed by atoms with Gasteiger partial charge in [-0.05, 0) is 22.9 Å². The van der Waals surface area contributed by atoms with E-state index in [2.05, 4.69) is 25.9 Å². The third-order valence-electron chi connectivity index (χ3n) is 2.76. The number of anilines is 1. The molecule has 0 unspecified atom stereocenters. The van der Waals surface area contributed by atoms with Crippen LogP contribution in [0.5, 0.6) is 0 Å². The van der Waals surface area contributed by atoms with Crippen LogP contribution < -0.4 is 4.90 Å². The van der Waals surface area contributed by atoms with Crippen LogP contribution >= 0.6 is 15.9 Å². The van der Waals surface area contributed by atoms with Crippen molar-refractivity contribution in [1.82, 2.24) is 14.9 Å². The van der Waals surface area contributed by atoms with E-state index in [4.69, 9.17) is 5.11 Å². The van der Waals surface area contributed by atoms with Crippen LogP contribution in [0.2, 0.25) is 0 Å². The summed E-state index contributed by atoms with van der Waals surface area (Å²) in [5, 5.41) is 8.92. The predicted octanol–water partition coefficient (Wildman–Crippen LogP) is 1.43. The van der Waals surface area contributed by atoms with Crippen LogP contribution in [0.4, 0.5) is 10.7 Å². The van der Waals surface area contributed by atoms with Crippen molar-refractivity contribution in [2.24, 2.45) is 0 Å². The fourth-order valence-electron chi connectivity index (χ4n) is 1.88. The van der Waals surface area contributed by atoms with Crippen molar-refractivity contribution in [3.05, 3.63) is 16.9 Å². The Balaban J connectivity index is 2.09. The minimum absolute atomic E-state index is 0.0843. The van der Waals surface area contributed by atoms with Gasteiger partial charge < -0.3 is 14.9 Å². The van der Waals surface area contributed by atoms with Gasteiger partial charge in [0, 0.05) is 38.1 Å². The summed E-state index contributed by atoms with van der Waals surface area (Å²) in [6, 6.07) is 0.0843. The number of rotatable bonds is 1. The molecule has 1 fully saturated rings. The van der Waals surface area contributed by atoms with Gasteiger partial charge in [0.2, 0.25) is 5.95 Å². The molecule has 1 atom stereocenters. The largest absolute Gasteiger partial charge is 0.465 e. The summed E-state index contributed by atoms with van der Waals surface area (Å²) < 4.78 is 0.832. The molecule has 1 aromatic rings. The molecule has 92 valence electrons. The molecular formula is C10H13BrN4O2. The van der Waals surface area contributed by atoms with Crippen LogP contribution in [0.15, 0.2) is 16.9 Å². The third kappa shape index (κ3) is 2.66. The topological polar surface area (TPSA) is 69.6 Å². The Morgan fingerprint density at radius 3 is 2.65 bits per heavy atom. The maximum atomic E-state index is 10.9. The number of carbonyl (C=O) groups is 1. The van der Waals surface area contributed by atoms with Gasteiger partial charge in [0.25, 0.3) is 0 Å². The van der Waals surface area contributed by atoms with E-state index in [1.165, 1.54) is 4.90 Å². The summed E-state index contributed by atoms with van der Waals surface area (Å²) in [4.78, 5) is 22.7. The zero-order valence-electron chi connectivity index (χ0n) is 9.38. The summed E-state index contributed by atoms with van der Waals surface area (Å²) in [7, 11) is 0. The van der Waals surface area contributed by atoms with Gasteiger partial charge in [-0.15, -0.1) is 0 Å². The first-order valence-electron chi connectivity index (χ1n) is 5.30. The Morgan fingerprint density at radius 1 is 1.47 bits per heavy atom. The van der Waals surface area contributed by atoms with Crippen LogP contribution in [0.3, 0.4) is 0 Å². The molecule has 2 rings (SSSR count). The highest BCUT2D eigenvalue weighted by Gasteiger charge is 2.27. The third-order valence-corrected chi connectivity index (χ3v) is 3.17. The van der Waals surface area contributed by atoms with Crippen molar-refractivity contribution in [3.8, 4) is 0 Å². The molecular weight excluding hydrogens is 288 g/mol. The molecule has 0 spiro atoms. The van der Waals surface area contributed by atoms with Gasteiger partial charge in [0.05, 0.1) is 4.47 Å². The lowest BCUT2D eigenvalue weighted by molar-refractivity contribution is 0.136. The Labute approximate surface area is 107 Å². The van der Waals surface area contributed by atoms with E-state index in [1.807, 2.05) is 11.8 Å². The van der Waals surface area contributed by atoms with Crippen molar-refractivity contribution < 1.29 is 9.90 Å². The molecule has 0 aliphatic carbocycles. The van der Waals surface area contributed by atoms with Crippen LogP contribution in [0.25, 0.3) is 0 Å². The van der Waals surface area contributed by atoms with Gasteiger partial charge >= 0.3 is 6.09 Å². The number of halogens is 1. The minimum Gasteiger partial charge on any atom is -0.465 e. The van der Waals surface area contributed by atoms with Crippen molar-refractivity contribution in [2.45, 2.75) is 13.0 Å². The number of piperazine rings is 1. The molecule has 0 aromatic carbocycles. The van der Waals surface area contributed by atoms with Crippen molar-refractivity contribution in [2.75, 3.05) is 24.5 Å². The fourth-order valence-corrected chi connectivity index (χ4v) is 2.09. The molecule has 1 aliphatic heterocycles. The molecule has 1 saturated heterocycles. The zero-order valence-corrected chi connectivity index (χ0v) is 11.0. The van der Waals surface area contributed by atoms with E-state index < -0.39 is 6.09 Å². The molecule has 0 bridgehead atoms. The Morgan fingerprint density at radius 2 is 2.12 bits per heavy atom. The maximum absolute atomic E-state index is 10.9.